The van der Waals surface area contributed by atoms with Crippen LogP contribution in [0.1, 0.15) is 15.9 Å². The van der Waals surface area contributed by atoms with Crippen LogP contribution in [-0.4, -0.2) is 18.6 Å². The lowest BCUT2D eigenvalue weighted by atomic mass is 10.2. The molecule has 3 aromatic rings. The molecular formula is C25H20N2O4. The monoisotopic (exact) mass is 412 g/mol. The number of fused-ring (bicyclic) bond motifs is 1. The predicted molar refractivity (Wildman–Crippen MR) is 120 cm³/mol. The van der Waals surface area contributed by atoms with Gasteiger partial charge in [0.1, 0.15) is 0 Å². The molecule has 0 unspecified atom stereocenters. The standard InChI is InChI=1S/C25H20N2O4/c28-24(9-5-4-6-18-10-15-22-23(16-18)31-17-30-22)26-21-13-11-19(12-14-21)25(29)27-20-7-2-1-3-8-20/h1-16H,17H2,(H,26,28)(H,27,29)/b6-4+,9-5+. The largest absolute Gasteiger partial charge is 0.454 e. The van der Waals surface area contributed by atoms with Crippen molar-refractivity contribution in [2.24, 2.45) is 0 Å². The second-order valence-electron chi connectivity index (χ2n) is 6.72. The van der Waals surface area contributed by atoms with Gasteiger partial charge in [-0.3, -0.25) is 9.59 Å². The van der Waals surface area contributed by atoms with Gasteiger partial charge in [0.15, 0.2) is 11.5 Å². The molecule has 0 radical (unpaired) electrons. The summed E-state index contributed by atoms with van der Waals surface area (Å²) in [6, 6.07) is 21.6. The number of benzene rings is 3. The SMILES string of the molecule is O=C(/C=C/C=C/c1ccc2c(c1)OCO2)Nc1ccc(C(=O)Nc2ccccc2)cc1. The Morgan fingerprint density at radius 3 is 2.32 bits per heavy atom. The molecule has 0 fully saturated rings. The molecule has 1 heterocycles. The Kier molecular flexibility index (Phi) is 6.09. The highest BCUT2D eigenvalue weighted by Crippen LogP contribution is 2.32. The van der Waals surface area contributed by atoms with Crippen LogP contribution in [0.15, 0.2) is 91.0 Å². The van der Waals surface area contributed by atoms with E-state index in [1.165, 1.54) is 6.08 Å². The zero-order chi connectivity index (χ0) is 21.5. The van der Waals surface area contributed by atoms with Crippen LogP contribution in [0, 0.1) is 0 Å². The topological polar surface area (TPSA) is 76.7 Å². The highest BCUT2D eigenvalue weighted by atomic mass is 16.7. The molecule has 2 N–H and O–H groups in total. The summed E-state index contributed by atoms with van der Waals surface area (Å²) in [5, 5.41) is 5.58. The highest BCUT2D eigenvalue weighted by Gasteiger charge is 2.12. The average molecular weight is 412 g/mol. The van der Waals surface area contributed by atoms with Crippen molar-refractivity contribution in [2.45, 2.75) is 0 Å². The molecule has 0 saturated carbocycles. The lowest BCUT2D eigenvalue weighted by Crippen LogP contribution is -2.12. The lowest BCUT2D eigenvalue weighted by Gasteiger charge is -2.06. The smallest absolute Gasteiger partial charge is 0.255 e. The summed E-state index contributed by atoms with van der Waals surface area (Å²) < 4.78 is 10.6. The van der Waals surface area contributed by atoms with E-state index in [1.807, 2.05) is 54.6 Å². The van der Waals surface area contributed by atoms with Crippen LogP contribution in [-0.2, 0) is 4.79 Å². The number of para-hydroxylation sites is 1. The van der Waals surface area contributed by atoms with E-state index >= 15 is 0 Å². The summed E-state index contributed by atoms with van der Waals surface area (Å²) in [5.74, 6) is 0.967. The lowest BCUT2D eigenvalue weighted by molar-refractivity contribution is -0.111. The van der Waals surface area contributed by atoms with E-state index < -0.39 is 0 Å². The summed E-state index contributed by atoms with van der Waals surface area (Å²) in [6.45, 7) is 0.237. The van der Waals surface area contributed by atoms with Gasteiger partial charge in [0.2, 0.25) is 12.7 Å². The summed E-state index contributed by atoms with van der Waals surface area (Å²) >= 11 is 0. The van der Waals surface area contributed by atoms with E-state index in [0.717, 1.165) is 17.0 Å². The van der Waals surface area contributed by atoms with E-state index in [2.05, 4.69) is 10.6 Å². The Morgan fingerprint density at radius 2 is 1.52 bits per heavy atom. The molecule has 0 atom stereocenters. The van der Waals surface area contributed by atoms with E-state index in [0.29, 0.717) is 17.0 Å². The average Bonchev–Trinajstić information content (AvgIpc) is 3.26. The molecule has 3 aromatic carbocycles. The van der Waals surface area contributed by atoms with Gasteiger partial charge >= 0.3 is 0 Å². The second kappa shape index (κ2) is 9.45. The van der Waals surface area contributed by atoms with Crippen molar-refractivity contribution < 1.29 is 19.1 Å². The fraction of sp³-hybridized carbons (Fsp3) is 0.0400. The molecule has 1 aliphatic heterocycles. The van der Waals surface area contributed by atoms with Gasteiger partial charge in [-0.05, 0) is 54.1 Å². The first-order valence-corrected chi connectivity index (χ1v) is 9.69. The van der Waals surface area contributed by atoms with Crippen LogP contribution in [0.2, 0.25) is 0 Å². The number of nitrogens with one attached hydrogen (secondary N) is 2. The fourth-order valence-corrected chi connectivity index (χ4v) is 2.94. The van der Waals surface area contributed by atoms with Crippen molar-refractivity contribution in [3.63, 3.8) is 0 Å². The first kappa shape index (κ1) is 20.0. The van der Waals surface area contributed by atoms with Crippen molar-refractivity contribution in [3.05, 3.63) is 102 Å². The Morgan fingerprint density at radius 1 is 0.774 bits per heavy atom. The molecule has 0 bridgehead atoms. The third kappa shape index (κ3) is 5.39. The van der Waals surface area contributed by atoms with Gasteiger partial charge < -0.3 is 20.1 Å². The molecule has 31 heavy (non-hydrogen) atoms. The van der Waals surface area contributed by atoms with E-state index in [4.69, 9.17) is 9.47 Å². The van der Waals surface area contributed by atoms with Crippen LogP contribution in [0.4, 0.5) is 11.4 Å². The summed E-state index contributed by atoms with van der Waals surface area (Å²) in [6.07, 6.45) is 6.72. The Bertz CT molecular complexity index is 1140. The number of amides is 2. The van der Waals surface area contributed by atoms with Gasteiger partial charge in [0.05, 0.1) is 0 Å². The quantitative estimate of drug-likeness (QED) is 0.447. The molecule has 0 spiro atoms. The van der Waals surface area contributed by atoms with Gasteiger partial charge in [0, 0.05) is 23.0 Å². The van der Waals surface area contributed by atoms with Gasteiger partial charge in [-0.1, -0.05) is 42.5 Å². The van der Waals surface area contributed by atoms with Crippen LogP contribution in [0.3, 0.4) is 0 Å². The molecule has 0 aromatic heterocycles. The molecule has 154 valence electrons. The number of rotatable bonds is 6. The van der Waals surface area contributed by atoms with Gasteiger partial charge in [-0.25, -0.2) is 0 Å². The highest BCUT2D eigenvalue weighted by molar-refractivity contribution is 6.05. The fourth-order valence-electron chi connectivity index (χ4n) is 2.94. The normalized spacial score (nSPS) is 12.3. The maximum Gasteiger partial charge on any atom is 0.255 e. The van der Waals surface area contributed by atoms with Crippen molar-refractivity contribution in [1.82, 2.24) is 0 Å². The first-order chi connectivity index (χ1) is 15.2. The van der Waals surface area contributed by atoms with Crippen molar-refractivity contribution in [1.29, 1.82) is 0 Å². The molecule has 6 nitrogen and oxygen atoms in total. The molecule has 0 saturated heterocycles. The number of carbonyl (C=O) groups excluding carboxylic acids is 2. The van der Waals surface area contributed by atoms with Crippen LogP contribution >= 0.6 is 0 Å². The number of ether oxygens (including phenoxy) is 2. The van der Waals surface area contributed by atoms with Gasteiger partial charge in [0.25, 0.3) is 5.91 Å². The number of carbonyl (C=O) groups is 2. The zero-order valence-electron chi connectivity index (χ0n) is 16.6. The minimum absolute atomic E-state index is 0.211. The first-order valence-electron chi connectivity index (χ1n) is 9.69. The molecule has 4 rings (SSSR count). The van der Waals surface area contributed by atoms with Gasteiger partial charge in [-0.15, -0.1) is 0 Å². The Hall–Kier alpha value is -4.32. The van der Waals surface area contributed by atoms with Crippen molar-refractivity contribution in [3.8, 4) is 11.5 Å². The Labute approximate surface area is 179 Å². The number of hydrogen-bond donors (Lipinski definition) is 2. The molecule has 2 amide bonds. The van der Waals surface area contributed by atoms with E-state index in [9.17, 15) is 9.59 Å². The minimum Gasteiger partial charge on any atom is -0.454 e. The molecule has 0 aliphatic carbocycles. The maximum absolute atomic E-state index is 12.3. The number of allylic oxidation sites excluding steroid dienone is 2. The Balaban J connectivity index is 1.28. The summed E-state index contributed by atoms with van der Waals surface area (Å²) in [4.78, 5) is 24.4. The predicted octanol–water partition coefficient (Wildman–Crippen LogP) is 4.88. The van der Waals surface area contributed by atoms with Crippen LogP contribution in [0.5, 0.6) is 11.5 Å². The minimum atomic E-state index is -0.267. The van der Waals surface area contributed by atoms with Gasteiger partial charge in [-0.2, -0.15) is 0 Å². The molecular weight excluding hydrogens is 392 g/mol. The number of hydrogen-bond acceptors (Lipinski definition) is 4. The van der Waals surface area contributed by atoms with Crippen molar-refractivity contribution >= 4 is 29.3 Å². The third-order valence-electron chi connectivity index (χ3n) is 4.49. The molecule has 1 aliphatic rings. The molecule has 6 heteroatoms. The van der Waals surface area contributed by atoms with E-state index in [-0.39, 0.29) is 18.6 Å². The summed E-state index contributed by atoms with van der Waals surface area (Å²) in [5.41, 5.74) is 2.78. The second-order valence-corrected chi connectivity index (χ2v) is 6.72. The number of anilines is 2. The van der Waals surface area contributed by atoms with E-state index in [1.54, 1.807) is 36.4 Å². The third-order valence-corrected chi connectivity index (χ3v) is 4.49. The summed E-state index contributed by atoms with van der Waals surface area (Å²) in [7, 11) is 0. The maximum atomic E-state index is 12.3. The van der Waals surface area contributed by atoms with Crippen LogP contribution < -0.4 is 20.1 Å². The van der Waals surface area contributed by atoms with Crippen LogP contribution in [0.25, 0.3) is 6.08 Å². The zero-order valence-corrected chi connectivity index (χ0v) is 16.6. The van der Waals surface area contributed by atoms with Crippen molar-refractivity contribution in [2.75, 3.05) is 17.4 Å².